The number of sulfone groups is 1. The molecule has 14 heteroatoms. The lowest BCUT2D eigenvalue weighted by molar-refractivity contribution is -0.123. The van der Waals surface area contributed by atoms with Crippen molar-refractivity contribution in [3.8, 4) is 0 Å². The van der Waals surface area contributed by atoms with Gasteiger partial charge in [-0.05, 0) is 61.4 Å². The van der Waals surface area contributed by atoms with Crippen LogP contribution in [-0.2, 0) is 27.7 Å². The number of nitrogens with zero attached hydrogens (tertiary/aromatic N) is 3. The zero-order valence-corrected chi connectivity index (χ0v) is 22.1. The van der Waals surface area contributed by atoms with E-state index in [2.05, 4.69) is 15.6 Å². The molecule has 0 atom stereocenters. The van der Waals surface area contributed by atoms with Gasteiger partial charge in [-0.3, -0.25) is 10.1 Å². The highest BCUT2D eigenvalue weighted by molar-refractivity contribution is 7.92. The lowest BCUT2D eigenvalue weighted by Gasteiger charge is -2.27. The average molecular weight is 576 g/mol. The van der Waals surface area contributed by atoms with Gasteiger partial charge in [0.25, 0.3) is 15.7 Å². The first kappa shape index (κ1) is 28.5. The summed E-state index contributed by atoms with van der Waals surface area (Å²) in [4.78, 5) is 43.9. The van der Waals surface area contributed by atoms with Crippen LogP contribution in [0.5, 0.6) is 0 Å². The van der Waals surface area contributed by atoms with E-state index in [1.54, 1.807) is 6.07 Å². The minimum atomic E-state index is -5.59. The number of halogens is 3. The molecule has 4 rings (SSSR count). The lowest BCUT2D eigenvalue weighted by Crippen LogP contribution is -2.43. The third-order valence-electron chi connectivity index (χ3n) is 6.24. The number of pyridine rings is 1. The van der Waals surface area contributed by atoms with Crippen LogP contribution in [0.25, 0.3) is 0 Å². The maximum atomic E-state index is 13.3. The van der Waals surface area contributed by atoms with Gasteiger partial charge in [-0.25, -0.2) is 27.9 Å². The summed E-state index contributed by atoms with van der Waals surface area (Å²) in [5.74, 6) is -0.450. The molecule has 10 nitrogen and oxygen atoms in total. The van der Waals surface area contributed by atoms with E-state index >= 15 is 0 Å². The molecule has 0 unspecified atom stereocenters. The second-order valence-electron chi connectivity index (χ2n) is 9.35. The van der Waals surface area contributed by atoms with E-state index in [4.69, 9.17) is 0 Å². The summed E-state index contributed by atoms with van der Waals surface area (Å²) < 4.78 is 61.9. The summed E-state index contributed by atoms with van der Waals surface area (Å²) in [5.41, 5.74) is -5.49. The normalized spacial score (nSPS) is 15.3. The van der Waals surface area contributed by atoms with Gasteiger partial charge in [-0.1, -0.05) is 30.3 Å². The van der Waals surface area contributed by atoms with E-state index in [0.717, 1.165) is 22.6 Å². The molecule has 210 valence electrons. The number of imide groups is 1. The first-order valence-corrected chi connectivity index (χ1v) is 13.3. The number of amides is 5. The van der Waals surface area contributed by atoms with Gasteiger partial charge in [0.1, 0.15) is 11.4 Å². The zero-order valence-electron chi connectivity index (χ0n) is 21.3. The third kappa shape index (κ3) is 5.61. The number of aromatic nitrogens is 1. The molecule has 2 aromatic carbocycles. The van der Waals surface area contributed by atoms with Crippen LogP contribution in [0.3, 0.4) is 0 Å². The molecule has 0 bridgehead atoms. The Morgan fingerprint density at radius 1 is 0.975 bits per heavy atom. The zero-order chi connectivity index (χ0) is 29.3. The van der Waals surface area contributed by atoms with Gasteiger partial charge in [0.2, 0.25) is 0 Å². The van der Waals surface area contributed by atoms with Crippen LogP contribution in [0.4, 0.5) is 34.3 Å². The molecular formula is C26H24F3N5O5S. The molecule has 1 aliphatic heterocycles. The molecule has 1 fully saturated rings. The predicted molar refractivity (Wildman–Crippen MR) is 139 cm³/mol. The molecule has 1 saturated heterocycles. The van der Waals surface area contributed by atoms with Gasteiger partial charge in [-0.2, -0.15) is 13.2 Å². The first-order valence-electron chi connectivity index (χ1n) is 11.8. The van der Waals surface area contributed by atoms with E-state index < -0.39 is 43.7 Å². The molecule has 0 aliphatic carbocycles. The number of nitrogens with one attached hydrogen (secondary N) is 2. The van der Waals surface area contributed by atoms with Gasteiger partial charge in [0.15, 0.2) is 0 Å². The number of hydrogen-bond acceptors (Lipinski definition) is 6. The smallest absolute Gasteiger partial charge is 0.334 e. The van der Waals surface area contributed by atoms with Crippen LogP contribution in [0.1, 0.15) is 25.0 Å². The maximum absolute atomic E-state index is 13.3. The van der Waals surface area contributed by atoms with Crippen molar-refractivity contribution in [2.24, 2.45) is 0 Å². The highest BCUT2D eigenvalue weighted by atomic mass is 32.2. The Balaban J connectivity index is 1.48. The van der Waals surface area contributed by atoms with Gasteiger partial charge in [0.05, 0.1) is 10.6 Å². The van der Waals surface area contributed by atoms with Crippen LogP contribution in [0.2, 0.25) is 0 Å². The monoisotopic (exact) mass is 575 g/mol. The third-order valence-corrected chi connectivity index (χ3v) is 7.74. The van der Waals surface area contributed by atoms with Crippen molar-refractivity contribution >= 4 is 39.3 Å². The number of anilines is 2. The Hall–Kier alpha value is -4.46. The van der Waals surface area contributed by atoms with Crippen molar-refractivity contribution in [3.63, 3.8) is 0 Å². The number of carbonyl (C=O) groups is 3. The Morgan fingerprint density at radius 3 is 2.25 bits per heavy atom. The summed E-state index contributed by atoms with van der Waals surface area (Å²) in [7, 11) is -5.59. The van der Waals surface area contributed by atoms with E-state index in [9.17, 15) is 36.0 Å². The fourth-order valence-corrected chi connectivity index (χ4v) is 4.76. The van der Waals surface area contributed by atoms with Crippen LogP contribution >= 0.6 is 0 Å². The van der Waals surface area contributed by atoms with Gasteiger partial charge in [-0.15, -0.1) is 0 Å². The molecule has 3 aromatic rings. The fraction of sp³-hybridized carbons (Fsp3) is 0.231. The molecule has 5 amide bonds. The van der Waals surface area contributed by atoms with Crippen LogP contribution in [-0.4, -0.2) is 47.3 Å². The molecule has 0 spiro atoms. The lowest BCUT2D eigenvalue weighted by atomic mass is 10.0. The van der Waals surface area contributed by atoms with Crippen molar-refractivity contribution in [2.45, 2.75) is 42.9 Å². The summed E-state index contributed by atoms with van der Waals surface area (Å²) in [5, 5.41) is 5.32. The maximum Gasteiger partial charge on any atom is 0.501 e. The van der Waals surface area contributed by atoms with Crippen LogP contribution < -0.4 is 15.5 Å². The van der Waals surface area contributed by atoms with Gasteiger partial charge < -0.3 is 10.2 Å². The summed E-state index contributed by atoms with van der Waals surface area (Å²) in [6.45, 7) is 3.25. The second kappa shape index (κ2) is 10.6. The summed E-state index contributed by atoms with van der Waals surface area (Å²) >= 11 is 0. The van der Waals surface area contributed by atoms with E-state index in [1.165, 1.54) is 31.0 Å². The van der Waals surface area contributed by atoms with Crippen LogP contribution in [0.15, 0.2) is 77.8 Å². The predicted octanol–water partition coefficient (Wildman–Crippen LogP) is 4.44. The number of urea groups is 2. The quantitative estimate of drug-likeness (QED) is 0.401. The van der Waals surface area contributed by atoms with E-state index in [1.807, 2.05) is 30.3 Å². The summed E-state index contributed by atoms with van der Waals surface area (Å²) in [6.07, 6.45) is 1.43. The Kier molecular flexibility index (Phi) is 7.57. The highest BCUT2D eigenvalue weighted by Crippen LogP contribution is 2.35. The number of carbonyl (C=O) groups excluding carboxylic acids is 3. The van der Waals surface area contributed by atoms with Crippen molar-refractivity contribution < 1.29 is 36.0 Å². The topological polar surface area (TPSA) is 129 Å². The molecular weight excluding hydrogens is 551 g/mol. The largest absolute Gasteiger partial charge is 0.501 e. The Morgan fingerprint density at radius 2 is 1.62 bits per heavy atom. The molecule has 2 N–H and O–H groups in total. The molecule has 1 aromatic heterocycles. The molecule has 2 heterocycles. The minimum absolute atomic E-state index is 0.0581. The fourth-order valence-electron chi connectivity index (χ4n) is 4.00. The van der Waals surface area contributed by atoms with Crippen molar-refractivity contribution in [1.29, 1.82) is 0 Å². The van der Waals surface area contributed by atoms with Gasteiger partial charge >= 0.3 is 17.6 Å². The number of rotatable bonds is 7. The Labute approximate surface area is 227 Å². The van der Waals surface area contributed by atoms with E-state index in [-0.39, 0.29) is 18.1 Å². The van der Waals surface area contributed by atoms with Gasteiger partial charge in [0, 0.05) is 19.3 Å². The molecule has 40 heavy (non-hydrogen) atoms. The van der Waals surface area contributed by atoms with Crippen molar-refractivity contribution in [2.75, 3.05) is 10.2 Å². The van der Waals surface area contributed by atoms with Crippen LogP contribution in [0, 0.1) is 0 Å². The average Bonchev–Trinajstić information content (AvgIpc) is 3.07. The van der Waals surface area contributed by atoms with E-state index in [0.29, 0.717) is 24.2 Å². The minimum Gasteiger partial charge on any atom is -0.334 e. The second-order valence-corrected chi connectivity index (χ2v) is 11.3. The van der Waals surface area contributed by atoms with Crippen molar-refractivity contribution in [3.05, 3.63) is 84.1 Å². The standard InChI is InChI=1S/C26H24F3N5O5S/c1-25(2)22(35)34(19-8-10-20(11-9-19)40(38,39)26(27,28)29)24(37)33(25)16-18-12-13-30-21(14-18)32-23(36)31-15-17-6-4-3-5-7-17/h3-14H,15-16H2,1-2H3,(H2,30,31,32,36). The molecule has 0 radical (unpaired) electrons. The number of benzene rings is 2. The SMILES string of the molecule is CC1(C)C(=O)N(c2ccc(S(=O)(=O)C(F)(F)F)cc2)C(=O)N1Cc1ccnc(NC(=O)NCc2ccccc2)c1. The molecule has 0 saturated carbocycles. The summed E-state index contributed by atoms with van der Waals surface area (Å²) in [6, 6.07) is 14.5. The number of hydrogen-bond donors (Lipinski definition) is 2. The first-order chi connectivity index (χ1) is 18.7. The highest BCUT2D eigenvalue weighted by Gasteiger charge is 2.52. The van der Waals surface area contributed by atoms with Crippen molar-refractivity contribution in [1.82, 2.24) is 15.2 Å². The Bertz CT molecular complexity index is 1540. The molecule has 1 aliphatic rings. The number of alkyl halides is 3.